The first kappa shape index (κ1) is 13.3. The van der Waals surface area contributed by atoms with E-state index in [1.807, 2.05) is 12.1 Å². The van der Waals surface area contributed by atoms with Crippen LogP contribution in [0, 0.1) is 5.92 Å². The zero-order chi connectivity index (χ0) is 12.0. The molecular formula is C12H20N2OS. The molecule has 1 aromatic heterocycles. The molecule has 0 amide bonds. The second-order valence-corrected chi connectivity index (χ2v) is 5.45. The molecule has 1 aromatic rings. The zero-order valence-corrected chi connectivity index (χ0v) is 10.7. The summed E-state index contributed by atoms with van der Waals surface area (Å²) in [4.78, 5) is 3.92. The van der Waals surface area contributed by atoms with Gasteiger partial charge < -0.3 is 10.8 Å². The minimum absolute atomic E-state index is 0.300. The monoisotopic (exact) mass is 240 g/mol. The number of nitrogens with zero attached hydrogens (tertiary/aromatic N) is 1. The number of nitrogens with two attached hydrogens (primary N) is 1. The predicted octanol–water partition coefficient (Wildman–Crippen LogP) is 1.96. The maximum Gasteiger partial charge on any atom is 0.123 e. The molecule has 0 saturated heterocycles. The topological polar surface area (TPSA) is 59.1 Å². The van der Waals surface area contributed by atoms with Crippen molar-refractivity contribution < 1.29 is 5.11 Å². The number of hydrogen-bond donors (Lipinski definition) is 2. The van der Waals surface area contributed by atoms with E-state index in [0.29, 0.717) is 18.2 Å². The second kappa shape index (κ2) is 6.76. The van der Waals surface area contributed by atoms with Crippen molar-refractivity contribution in [3.8, 4) is 0 Å². The van der Waals surface area contributed by atoms with E-state index in [9.17, 15) is 5.11 Å². The summed E-state index contributed by atoms with van der Waals surface area (Å²) in [5.41, 5.74) is 6.62. The molecule has 0 radical (unpaired) electrons. The Morgan fingerprint density at radius 2 is 2.19 bits per heavy atom. The van der Waals surface area contributed by atoms with Gasteiger partial charge in [-0.15, -0.1) is 0 Å². The maximum atomic E-state index is 9.82. The molecule has 0 aromatic carbocycles. The number of hydrogen-bond acceptors (Lipinski definition) is 4. The third kappa shape index (κ3) is 5.37. The molecule has 0 aliphatic heterocycles. The average molecular weight is 240 g/mol. The van der Waals surface area contributed by atoms with E-state index in [-0.39, 0.29) is 6.10 Å². The number of pyridine rings is 1. The summed E-state index contributed by atoms with van der Waals surface area (Å²) < 4.78 is 0. The summed E-state index contributed by atoms with van der Waals surface area (Å²) >= 11 is 1.80. The minimum atomic E-state index is -0.300. The van der Waals surface area contributed by atoms with Crippen molar-refractivity contribution >= 4 is 17.6 Å². The van der Waals surface area contributed by atoms with Gasteiger partial charge in [0.25, 0.3) is 0 Å². The van der Waals surface area contributed by atoms with E-state index in [1.165, 1.54) is 0 Å². The highest BCUT2D eigenvalue weighted by Gasteiger charge is 2.06. The van der Waals surface area contributed by atoms with E-state index in [1.54, 1.807) is 18.0 Å². The smallest absolute Gasteiger partial charge is 0.123 e. The lowest BCUT2D eigenvalue weighted by Crippen LogP contribution is -2.14. The van der Waals surface area contributed by atoms with Crippen LogP contribution in [-0.4, -0.2) is 27.7 Å². The number of aliphatic hydroxyl groups excluding tert-OH is 1. The van der Waals surface area contributed by atoms with Gasteiger partial charge in [0.1, 0.15) is 5.82 Å². The molecule has 1 unspecified atom stereocenters. The van der Waals surface area contributed by atoms with Gasteiger partial charge in [-0.25, -0.2) is 4.98 Å². The Kier molecular flexibility index (Phi) is 5.63. The van der Waals surface area contributed by atoms with Crippen molar-refractivity contribution in [2.45, 2.75) is 26.4 Å². The lowest BCUT2D eigenvalue weighted by molar-refractivity contribution is 0.200. The van der Waals surface area contributed by atoms with Gasteiger partial charge in [-0.05, 0) is 35.8 Å². The Bertz CT molecular complexity index is 318. The van der Waals surface area contributed by atoms with Crippen molar-refractivity contribution in [1.29, 1.82) is 0 Å². The van der Waals surface area contributed by atoms with Crippen LogP contribution in [0.25, 0.3) is 0 Å². The highest BCUT2D eigenvalue weighted by atomic mass is 32.2. The van der Waals surface area contributed by atoms with Crippen LogP contribution in [0.5, 0.6) is 0 Å². The molecule has 3 N–H and O–H groups in total. The van der Waals surface area contributed by atoms with Gasteiger partial charge in [-0.2, -0.15) is 11.8 Å². The summed E-state index contributed by atoms with van der Waals surface area (Å²) in [6.45, 7) is 4.37. The number of nitrogen functional groups attached to an aromatic ring is 1. The predicted molar refractivity (Wildman–Crippen MR) is 70.5 cm³/mol. The fourth-order valence-corrected chi connectivity index (χ4v) is 2.39. The molecule has 0 saturated carbocycles. The van der Waals surface area contributed by atoms with Gasteiger partial charge in [0.15, 0.2) is 0 Å². The van der Waals surface area contributed by atoms with Crippen LogP contribution in [0.3, 0.4) is 0 Å². The Morgan fingerprint density at radius 3 is 2.81 bits per heavy atom. The van der Waals surface area contributed by atoms with Crippen LogP contribution >= 0.6 is 11.8 Å². The van der Waals surface area contributed by atoms with Crippen LogP contribution in [0.15, 0.2) is 18.3 Å². The van der Waals surface area contributed by atoms with Crippen molar-refractivity contribution in [3.63, 3.8) is 0 Å². The minimum Gasteiger partial charge on any atom is -0.392 e. The number of rotatable bonds is 6. The lowest BCUT2D eigenvalue weighted by atomic mass is 10.1. The molecule has 0 aliphatic carbocycles. The van der Waals surface area contributed by atoms with Crippen molar-refractivity contribution in [2.24, 2.45) is 5.92 Å². The highest BCUT2D eigenvalue weighted by Crippen LogP contribution is 2.12. The quantitative estimate of drug-likeness (QED) is 0.798. The van der Waals surface area contributed by atoms with Crippen LogP contribution < -0.4 is 5.73 Å². The van der Waals surface area contributed by atoms with E-state index in [0.717, 1.165) is 17.1 Å². The molecule has 16 heavy (non-hydrogen) atoms. The maximum absolute atomic E-state index is 9.82. The lowest BCUT2D eigenvalue weighted by Gasteiger charge is -2.11. The molecule has 0 aliphatic rings. The average Bonchev–Trinajstić information content (AvgIpc) is 2.16. The highest BCUT2D eigenvalue weighted by molar-refractivity contribution is 7.99. The van der Waals surface area contributed by atoms with Crippen LogP contribution in [0.4, 0.5) is 5.82 Å². The van der Waals surface area contributed by atoms with E-state index in [2.05, 4.69) is 18.8 Å². The number of anilines is 1. The summed E-state index contributed by atoms with van der Waals surface area (Å²) in [6, 6.07) is 3.71. The molecule has 0 fully saturated rings. The fraction of sp³-hybridized carbons (Fsp3) is 0.583. The first-order valence-electron chi connectivity index (χ1n) is 5.54. The summed E-state index contributed by atoms with van der Waals surface area (Å²) in [5.74, 6) is 3.06. The molecule has 1 heterocycles. The van der Waals surface area contributed by atoms with Crippen LogP contribution in [-0.2, 0) is 6.42 Å². The molecule has 0 bridgehead atoms. The first-order chi connectivity index (χ1) is 7.58. The number of thioether (sulfide) groups is 1. The summed E-state index contributed by atoms with van der Waals surface area (Å²) in [5, 5.41) is 9.82. The van der Waals surface area contributed by atoms with E-state index >= 15 is 0 Å². The molecule has 1 rings (SSSR count). The van der Waals surface area contributed by atoms with Crippen molar-refractivity contribution in [2.75, 3.05) is 17.2 Å². The van der Waals surface area contributed by atoms with E-state index < -0.39 is 0 Å². The summed E-state index contributed by atoms with van der Waals surface area (Å²) in [7, 11) is 0. The Morgan fingerprint density at radius 1 is 1.44 bits per heavy atom. The van der Waals surface area contributed by atoms with Gasteiger partial charge in [-0.1, -0.05) is 13.8 Å². The zero-order valence-electron chi connectivity index (χ0n) is 9.89. The van der Waals surface area contributed by atoms with Gasteiger partial charge in [-0.3, -0.25) is 0 Å². The van der Waals surface area contributed by atoms with Crippen molar-refractivity contribution in [1.82, 2.24) is 4.98 Å². The standard InChI is InChI=1S/C12H20N2OS/c1-9(2)7-16-8-11(15)5-10-3-4-14-12(13)6-10/h3-4,6,9,11,15H,5,7-8H2,1-2H3,(H2,13,14). The molecule has 3 nitrogen and oxygen atoms in total. The Hall–Kier alpha value is -0.740. The molecule has 0 spiro atoms. The number of aromatic nitrogens is 1. The third-order valence-corrected chi connectivity index (χ3v) is 3.60. The Labute approximate surface area is 101 Å². The van der Waals surface area contributed by atoms with Crippen LogP contribution in [0.2, 0.25) is 0 Å². The number of aliphatic hydroxyl groups is 1. The largest absolute Gasteiger partial charge is 0.392 e. The SMILES string of the molecule is CC(C)CSCC(O)Cc1ccnc(N)c1. The normalized spacial score (nSPS) is 13.0. The molecular weight excluding hydrogens is 220 g/mol. The van der Waals surface area contributed by atoms with Gasteiger partial charge >= 0.3 is 0 Å². The molecule has 1 atom stereocenters. The third-order valence-electron chi connectivity index (χ3n) is 2.08. The van der Waals surface area contributed by atoms with Gasteiger partial charge in [0.05, 0.1) is 6.10 Å². The molecule has 90 valence electrons. The van der Waals surface area contributed by atoms with E-state index in [4.69, 9.17) is 5.73 Å². The van der Waals surface area contributed by atoms with Gasteiger partial charge in [0, 0.05) is 11.9 Å². The van der Waals surface area contributed by atoms with Crippen molar-refractivity contribution in [3.05, 3.63) is 23.9 Å². The Balaban J connectivity index is 2.31. The molecule has 4 heteroatoms. The van der Waals surface area contributed by atoms with Gasteiger partial charge in [0.2, 0.25) is 0 Å². The summed E-state index contributed by atoms with van der Waals surface area (Å²) in [6.07, 6.45) is 2.03. The van der Waals surface area contributed by atoms with Crippen LogP contribution in [0.1, 0.15) is 19.4 Å². The fourth-order valence-electron chi connectivity index (χ4n) is 1.39. The first-order valence-corrected chi connectivity index (χ1v) is 6.69. The second-order valence-electron chi connectivity index (χ2n) is 4.38.